The van der Waals surface area contributed by atoms with Gasteiger partial charge in [0.2, 0.25) is 0 Å². The second-order valence-corrected chi connectivity index (χ2v) is 21.4. The number of unbranched alkanes of at least 4 members (excludes halogenated alkanes) is 30. The number of rotatable bonds is 46. The number of hydrogen-bond acceptors (Lipinski definition) is 3. The molecule has 0 N–H and O–H groups in total. The molecule has 0 aromatic heterocycles. The molecule has 0 atom stereocenters. The average Bonchev–Trinajstić information content (AvgIpc) is 3.34. The average molecular weight is 942 g/mol. The first-order valence-electron chi connectivity index (χ1n) is 29.3. The largest absolute Gasteiger partial charge is 0.530 e. The maximum atomic E-state index is 6.88. The smallest absolute Gasteiger partial charge is 0.409 e. The van der Waals surface area contributed by atoms with Crippen LogP contribution in [0, 0.1) is 0 Å². The van der Waals surface area contributed by atoms with Gasteiger partial charge in [-0.05, 0) is 128 Å². The SMILES string of the molecule is CCCCCCCCCc1ccc(OP(Oc2ccc(CCCCCCCCC)c(CCCCCCCCC)c2)Oc2ccc(CCCCCCCCC)c(CCCCCCCCC)c2)cc1. The van der Waals surface area contributed by atoms with E-state index in [0.717, 1.165) is 49.4 Å². The number of aryl methyl sites for hydroxylation is 5. The Balaban J connectivity index is 1.82. The minimum absolute atomic E-state index is 0.812. The Morgan fingerprint density at radius 3 is 0.836 bits per heavy atom. The van der Waals surface area contributed by atoms with E-state index in [0.29, 0.717) is 0 Å². The maximum Gasteiger partial charge on any atom is 0.530 e. The summed E-state index contributed by atoms with van der Waals surface area (Å²) in [5.41, 5.74) is 7.29. The molecule has 0 aliphatic carbocycles. The van der Waals surface area contributed by atoms with Crippen LogP contribution in [-0.2, 0) is 32.1 Å². The molecular weight excluding hydrogens is 836 g/mol. The minimum atomic E-state index is -1.76. The van der Waals surface area contributed by atoms with Crippen molar-refractivity contribution in [3.8, 4) is 17.2 Å². The van der Waals surface area contributed by atoms with Crippen molar-refractivity contribution in [2.24, 2.45) is 0 Å². The molecule has 0 spiro atoms. The zero-order valence-electron chi connectivity index (χ0n) is 44.7. The Morgan fingerprint density at radius 1 is 0.254 bits per heavy atom. The van der Waals surface area contributed by atoms with Crippen LogP contribution in [-0.4, -0.2) is 0 Å². The third-order valence-electron chi connectivity index (χ3n) is 14.1. The van der Waals surface area contributed by atoms with E-state index in [9.17, 15) is 0 Å². The Morgan fingerprint density at radius 2 is 0.507 bits per heavy atom. The molecule has 3 nitrogen and oxygen atoms in total. The fourth-order valence-electron chi connectivity index (χ4n) is 9.68. The molecule has 0 amide bonds. The summed E-state index contributed by atoms with van der Waals surface area (Å²) in [6.45, 7) is 11.5. The molecule has 0 aliphatic heterocycles. The molecular formula is C63H105O3P. The third kappa shape index (κ3) is 29.3. The van der Waals surface area contributed by atoms with Crippen molar-refractivity contribution in [2.45, 2.75) is 291 Å². The van der Waals surface area contributed by atoms with E-state index in [2.05, 4.69) is 95.3 Å². The van der Waals surface area contributed by atoms with E-state index in [1.807, 2.05) is 0 Å². The van der Waals surface area contributed by atoms with Crippen LogP contribution in [0.2, 0.25) is 0 Å². The lowest BCUT2D eigenvalue weighted by Crippen LogP contribution is -2.05. The van der Waals surface area contributed by atoms with Gasteiger partial charge in [-0.1, -0.05) is 252 Å². The third-order valence-corrected chi connectivity index (χ3v) is 15.2. The molecule has 3 aromatic carbocycles. The van der Waals surface area contributed by atoms with Crippen molar-refractivity contribution in [1.29, 1.82) is 0 Å². The van der Waals surface area contributed by atoms with Gasteiger partial charge < -0.3 is 13.6 Å². The Bertz CT molecular complexity index is 1480. The van der Waals surface area contributed by atoms with Gasteiger partial charge in [-0.15, -0.1) is 0 Å². The van der Waals surface area contributed by atoms with Crippen molar-refractivity contribution in [1.82, 2.24) is 0 Å². The van der Waals surface area contributed by atoms with Crippen LogP contribution in [0.4, 0.5) is 0 Å². The van der Waals surface area contributed by atoms with Gasteiger partial charge in [0.1, 0.15) is 17.2 Å². The van der Waals surface area contributed by atoms with Gasteiger partial charge in [0, 0.05) is 0 Å². The first-order valence-corrected chi connectivity index (χ1v) is 30.4. The Labute approximate surface area is 417 Å². The summed E-state index contributed by atoms with van der Waals surface area (Å²) >= 11 is 0. The Hall–Kier alpha value is -2.51. The van der Waals surface area contributed by atoms with Crippen LogP contribution in [0.1, 0.15) is 287 Å². The molecule has 0 radical (unpaired) electrons. The summed E-state index contributed by atoms with van der Waals surface area (Å²) < 4.78 is 20.5. The molecule has 0 fully saturated rings. The summed E-state index contributed by atoms with van der Waals surface area (Å²) in [7, 11) is -1.76. The maximum absolute atomic E-state index is 6.88. The van der Waals surface area contributed by atoms with Crippen molar-refractivity contribution in [3.63, 3.8) is 0 Å². The number of benzene rings is 3. The van der Waals surface area contributed by atoms with Crippen LogP contribution < -0.4 is 13.6 Å². The minimum Gasteiger partial charge on any atom is -0.409 e. The predicted octanol–water partition coefficient (Wildman–Crippen LogP) is 21.9. The van der Waals surface area contributed by atoms with Crippen LogP contribution in [0.3, 0.4) is 0 Å². The zero-order chi connectivity index (χ0) is 47.7. The highest BCUT2D eigenvalue weighted by Gasteiger charge is 2.22. The summed E-state index contributed by atoms with van der Waals surface area (Å²) in [4.78, 5) is 0. The fraction of sp³-hybridized carbons (Fsp3) is 0.714. The van der Waals surface area contributed by atoms with Gasteiger partial charge in [-0.2, -0.15) is 0 Å². The van der Waals surface area contributed by atoms with Crippen molar-refractivity contribution < 1.29 is 13.6 Å². The highest BCUT2D eigenvalue weighted by Crippen LogP contribution is 2.43. The monoisotopic (exact) mass is 941 g/mol. The molecule has 0 saturated carbocycles. The lowest BCUT2D eigenvalue weighted by atomic mass is 9.96. The van der Waals surface area contributed by atoms with E-state index in [1.54, 1.807) is 0 Å². The number of hydrogen-bond donors (Lipinski definition) is 0. The second-order valence-electron chi connectivity index (χ2n) is 20.4. The molecule has 0 aliphatic rings. The lowest BCUT2D eigenvalue weighted by Gasteiger charge is -2.20. The van der Waals surface area contributed by atoms with E-state index < -0.39 is 8.60 Å². The van der Waals surface area contributed by atoms with Gasteiger partial charge in [-0.3, -0.25) is 0 Å². The van der Waals surface area contributed by atoms with Gasteiger partial charge in [0.25, 0.3) is 0 Å². The topological polar surface area (TPSA) is 27.7 Å². The molecule has 380 valence electrons. The lowest BCUT2D eigenvalue weighted by molar-refractivity contribution is 0.387. The van der Waals surface area contributed by atoms with E-state index in [1.165, 1.54) is 253 Å². The molecule has 3 aromatic rings. The van der Waals surface area contributed by atoms with Gasteiger partial charge in [0.15, 0.2) is 0 Å². The fourth-order valence-corrected chi connectivity index (χ4v) is 10.7. The van der Waals surface area contributed by atoms with Crippen LogP contribution in [0.5, 0.6) is 17.2 Å². The second kappa shape index (κ2) is 41.3. The first-order chi connectivity index (χ1) is 33.1. The van der Waals surface area contributed by atoms with Gasteiger partial charge >= 0.3 is 8.60 Å². The predicted molar refractivity (Wildman–Crippen MR) is 297 cm³/mol. The van der Waals surface area contributed by atoms with Gasteiger partial charge in [-0.25, -0.2) is 0 Å². The summed E-state index contributed by atoms with van der Waals surface area (Å²) in [5.74, 6) is 2.54. The van der Waals surface area contributed by atoms with E-state index in [4.69, 9.17) is 13.6 Å². The molecule has 0 unspecified atom stereocenters. The molecule has 3 rings (SSSR count). The Kier molecular flexibility index (Phi) is 36.2. The van der Waals surface area contributed by atoms with Crippen molar-refractivity contribution >= 4 is 8.60 Å². The van der Waals surface area contributed by atoms with Gasteiger partial charge in [0.05, 0.1) is 0 Å². The summed E-state index contributed by atoms with van der Waals surface area (Å²) in [5, 5.41) is 0. The van der Waals surface area contributed by atoms with Crippen molar-refractivity contribution in [3.05, 3.63) is 88.5 Å². The standard InChI is InChI=1S/C63H105O3P/c1-6-11-16-21-26-31-36-41-56-46-50-61(51-47-56)64-67(65-62-52-48-57(42-37-32-27-22-17-12-7-2)59(54-62)44-39-34-29-24-19-14-9-4)66-63-53-49-58(43-38-33-28-23-18-13-8-3)60(55-63)45-40-35-30-25-20-15-10-5/h46-55H,6-45H2,1-5H3. The summed E-state index contributed by atoms with van der Waals surface area (Å²) in [6, 6.07) is 22.5. The van der Waals surface area contributed by atoms with E-state index >= 15 is 0 Å². The van der Waals surface area contributed by atoms with E-state index in [-0.39, 0.29) is 0 Å². The summed E-state index contributed by atoms with van der Waals surface area (Å²) in [6.07, 6.45) is 52.3. The van der Waals surface area contributed by atoms with Crippen LogP contribution >= 0.6 is 8.60 Å². The highest BCUT2D eigenvalue weighted by molar-refractivity contribution is 7.43. The molecule has 67 heavy (non-hydrogen) atoms. The molecule has 0 saturated heterocycles. The quantitative estimate of drug-likeness (QED) is 0.0417. The highest BCUT2D eigenvalue weighted by atomic mass is 31.2. The molecule has 0 heterocycles. The van der Waals surface area contributed by atoms with Crippen LogP contribution in [0.25, 0.3) is 0 Å². The molecule has 4 heteroatoms. The van der Waals surface area contributed by atoms with Crippen LogP contribution in [0.15, 0.2) is 60.7 Å². The van der Waals surface area contributed by atoms with Crippen molar-refractivity contribution in [2.75, 3.05) is 0 Å². The first kappa shape index (κ1) is 58.8. The normalized spacial score (nSPS) is 11.5. The molecule has 0 bridgehead atoms. The zero-order valence-corrected chi connectivity index (χ0v) is 45.6.